The Hall–Kier alpha value is -4.75. The third-order valence-corrected chi connectivity index (χ3v) is 14.0. The zero-order valence-electron chi connectivity index (χ0n) is 34.0. The molecule has 0 unspecified atom stereocenters. The summed E-state index contributed by atoms with van der Waals surface area (Å²) in [5, 5.41) is 20.6. The summed E-state index contributed by atoms with van der Waals surface area (Å²) in [4.78, 5) is 14.5. The maximum atomic E-state index is 17.9. The van der Waals surface area contributed by atoms with E-state index >= 15 is 17.6 Å². The summed E-state index contributed by atoms with van der Waals surface area (Å²) >= 11 is 0. The van der Waals surface area contributed by atoms with E-state index in [4.69, 9.17) is 30.7 Å². The number of piperazine rings is 1. The van der Waals surface area contributed by atoms with Crippen molar-refractivity contribution in [3.05, 3.63) is 47.7 Å². The number of terminal acetylenes is 1. The van der Waals surface area contributed by atoms with Gasteiger partial charge in [0.25, 0.3) is 5.92 Å². The van der Waals surface area contributed by atoms with E-state index in [1.807, 2.05) is 0 Å². The highest BCUT2D eigenvalue weighted by molar-refractivity contribution is 6.18. The Balaban J connectivity index is 1.09. The molecule has 3 atom stereocenters. The summed E-state index contributed by atoms with van der Waals surface area (Å²) in [6.07, 6.45) is 12.9. The number of rotatable bonds is 13. The van der Waals surface area contributed by atoms with E-state index in [1.54, 1.807) is 32.1 Å². The number of likely N-dealkylation sites (tertiary alicyclic amines) is 1. The van der Waals surface area contributed by atoms with Crippen molar-refractivity contribution >= 4 is 38.4 Å². The Morgan fingerprint density at radius 3 is 2.32 bits per heavy atom. The van der Waals surface area contributed by atoms with Gasteiger partial charge in [-0.3, -0.25) is 9.58 Å². The predicted octanol–water partition coefficient (Wildman–Crippen LogP) is 6.80. The van der Waals surface area contributed by atoms with Crippen LogP contribution in [0.1, 0.15) is 50.5 Å². The molecule has 11 nitrogen and oxygen atoms in total. The maximum absolute atomic E-state index is 17.9. The second-order valence-corrected chi connectivity index (χ2v) is 18.0. The first-order chi connectivity index (χ1) is 28.9. The maximum Gasteiger partial charge on any atom is 0.319 e. The van der Waals surface area contributed by atoms with Crippen LogP contribution in [0.2, 0.25) is 0 Å². The van der Waals surface area contributed by atoms with Crippen LogP contribution < -0.4 is 15.0 Å². The Labute approximate surface area is 345 Å². The summed E-state index contributed by atoms with van der Waals surface area (Å²) in [6, 6.07) is 5.96. The lowest BCUT2D eigenvalue weighted by Crippen LogP contribution is -2.59. The van der Waals surface area contributed by atoms with Crippen LogP contribution in [-0.2, 0) is 16.5 Å². The van der Waals surface area contributed by atoms with Crippen LogP contribution in [0.15, 0.2) is 30.5 Å². The van der Waals surface area contributed by atoms with Crippen LogP contribution in [-0.4, -0.2) is 114 Å². The first-order valence-corrected chi connectivity index (χ1v) is 20.9. The molecule has 0 spiro atoms. The van der Waals surface area contributed by atoms with E-state index < -0.39 is 23.0 Å². The summed E-state index contributed by atoms with van der Waals surface area (Å²) in [5.74, 6) is -0.792. The van der Waals surface area contributed by atoms with Gasteiger partial charge in [0.1, 0.15) is 35.0 Å². The van der Waals surface area contributed by atoms with Crippen molar-refractivity contribution in [1.29, 1.82) is 0 Å². The Morgan fingerprint density at radius 1 is 0.950 bits per heavy atom. The van der Waals surface area contributed by atoms with E-state index in [0.29, 0.717) is 46.5 Å². The second-order valence-electron chi connectivity index (χ2n) is 18.0. The molecule has 2 bridgehead atoms. The summed E-state index contributed by atoms with van der Waals surface area (Å²) < 4.78 is 82.2. The number of halogens is 4. The number of fused-ring (bicyclic) bond motifs is 6. The smallest absolute Gasteiger partial charge is 0.319 e. The number of nitrogens with one attached hydrogen (secondary N) is 1. The first-order valence-electron chi connectivity index (χ1n) is 20.9. The van der Waals surface area contributed by atoms with Gasteiger partial charge in [-0.2, -0.15) is 15.1 Å². The molecule has 5 aromatic rings. The summed E-state index contributed by atoms with van der Waals surface area (Å²) in [7, 11) is 5.12. The topological polar surface area (TPSA) is 110 Å². The van der Waals surface area contributed by atoms with E-state index in [0.717, 1.165) is 58.2 Å². The van der Waals surface area contributed by atoms with Crippen LogP contribution in [0.3, 0.4) is 0 Å². The number of aromatic nitrogens is 4. The number of hydrogen-bond acceptors (Lipinski definition) is 10. The summed E-state index contributed by atoms with van der Waals surface area (Å²) in [5.41, 5.74) is -1.32. The second kappa shape index (κ2) is 14.7. The van der Waals surface area contributed by atoms with Gasteiger partial charge in [0.15, 0.2) is 5.82 Å². The molecule has 0 radical (unpaired) electrons. The molecule has 15 heteroatoms. The van der Waals surface area contributed by atoms with Gasteiger partial charge in [-0.05, 0) is 79.5 Å². The van der Waals surface area contributed by atoms with Gasteiger partial charge in [-0.1, -0.05) is 12.0 Å². The lowest BCUT2D eigenvalue weighted by atomic mass is 9.79. The zero-order valence-corrected chi connectivity index (χ0v) is 34.0. The lowest BCUT2D eigenvalue weighted by molar-refractivity contribution is 0.0198. The fourth-order valence-electron chi connectivity index (χ4n) is 10.7. The molecular weight excluding hydrogens is 779 g/mol. The predicted molar refractivity (Wildman–Crippen MR) is 219 cm³/mol. The third-order valence-electron chi connectivity index (χ3n) is 14.0. The molecule has 0 amide bonds. The molecule has 2 saturated heterocycles. The monoisotopic (exact) mass is 827 g/mol. The molecule has 316 valence electrons. The molecule has 3 saturated carbocycles. The number of aryl methyl sites for hydroxylation is 1. The molecule has 4 heterocycles. The van der Waals surface area contributed by atoms with E-state index in [1.165, 1.54) is 24.3 Å². The number of ether oxygens (including phenoxy) is 3. The van der Waals surface area contributed by atoms with Crippen LogP contribution in [0.25, 0.3) is 43.7 Å². The van der Waals surface area contributed by atoms with Crippen molar-refractivity contribution in [3.8, 4) is 35.2 Å². The number of alkyl halides is 2. The zero-order chi connectivity index (χ0) is 41.7. The summed E-state index contributed by atoms with van der Waals surface area (Å²) in [6.45, 7) is 2.66. The number of aromatic hydroxyl groups is 1. The minimum absolute atomic E-state index is 0.0400. The van der Waals surface area contributed by atoms with E-state index in [2.05, 4.69) is 26.0 Å². The Kier molecular flexibility index (Phi) is 9.66. The number of anilines is 1. The molecule has 10 rings (SSSR count). The number of benzene rings is 3. The van der Waals surface area contributed by atoms with Gasteiger partial charge in [-0.15, -0.1) is 6.42 Å². The number of phenolic OH excluding ortho intramolecular Hbond substituents is 1. The molecule has 3 aliphatic carbocycles. The third kappa shape index (κ3) is 6.44. The number of methoxy groups -OCH3 is 2. The molecule has 2 aromatic heterocycles. The standard InChI is InChI=1S/C45H49F4N7O4/c1-5-32-35(46)9-6-26-14-31(57)15-33(36(26)32)37-39(47)41-38(34-18-54(2)53-40(34)37)42(56-28-7-8-29(56)17-55(16-28)30-12-25(13-30)20-59-4)52-43(51-41)60-23-44(21-45(44,48)49)22-50-27-10-24(11-27)19-58-3/h1,6,9,14-15,18,24-25,27-30,50,57H,7-8,10-13,16-17,19-23H2,2-4H3/t24?,25?,27?,28-,29+,30?,44-/m1/s1. The van der Waals surface area contributed by atoms with Gasteiger partial charge in [0.2, 0.25) is 0 Å². The van der Waals surface area contributed by atoms with Crippen molar-refractivity contribution in [2.75, 3.05) is 58.6 Å². The molecule has 2 aliphatic heterocycles. The Morgan fingerprint density at radius 2 is 1.65 bits per heavy atom. The molecular formula is C45H49F4N7O4. The van der Waals surface area contributed by atoms with Gasteiger partial charge >= 0.3 is 6.01 Å². The van der Waals surface area contributed by atoms with Gasteiger partial charge < -0.3 is 29.5 Å². The Bertz CT molecular complexity index is 2540. The number of nitrogens with zero attached hydrogens (tertiary/aromatic N) is 6. The average molecular weight is 828 g/mol. The SMILES string of the molecule is C#Cc1c(F)ccc2cc(O)cc(-c3c(F)c4nc(OC[C@]5(CNC6CC(COC)C6)CC5(F)F)nc(N5[C@@H]6CC[C@H]5CN(C5CC(COC)C5)C6)c4c4cn(C)nc34)c12. The van der Waals surface area contributed by atoms with Crippen molar-refractivity contribution in [2.45, 2.75) is 75.0 Å². The normalized spacial score (nSPS) is 28.3. The quantitative estimate of drug-likeness (QED) is 0.0973. The fraction of sp³-hybridized carbons (Fsp3) is 0.533. The largest absolute Gasteiger partial charge is 0.508 e. The van der Waals surface area contributed by atoms with Crippen LogP contribution in [0, 0.1) is 41.2 Å². The molecule has 5 aliphatic rings. The van der Waals surface area contributed by atoms with Crippen LogP contribution in [0.4, 0.5) is 23.4 Å². The van der Waals surface area contributed by atoms with Gasteiger partial charge in [0.05, 0.1) is 16.4 Å². The van der Waals surface area contributed by atoms with Crippen molar-refractivity contribution < 1.29 is 36.9 Å². The van der Waals surface area contributed by atoms with Crippen LogP contribution in [0.5, 0.6) is 11.8 Å². The highest BCUT2D eigenvalue weighted by Gasteiger charge is 2.71. The molecule has 2 N–H and O–H groups in total. The molecule has 3 aromatic carbocycles. The molecule has 60 heavy (non-hydrogen) atoms. The minimum atomic E-state index is -2.96. The van der Waals surface area contributed by atoms with Crippen LogP contribution >= 0.6 is 0 Å². The minimum Gasteiger partial charge on any atom is -0.508 e. The highest BCUT2D eigenvalue weighted by Crippen LogP contribution is 2.60. The van der Waals surface area contributed by atoms with Gasteiger partial charge in [0, 0.05) is 107 Å². The van der Waals surface area contributed by atoms with Crippen molar-refractivity contribution in [1.82, 2.24) is 30.0 Å². The van der Waals surface area contributed by atoms with E-state index in [-0.39, 0.29) is 82.6 Å². The fourth-order valence-corrected chi connectivity index (χ4v) is 10.7. The van der Waals surface area contributed by atoms with Gasteiger partial charge in [-0.25, -0.2) is 17.6 Å². The van der Waals surface area contributed by atoms with Crippen molar-refractivity contribution in [2.24, 2.45) is 24.3 Å². The average Bonchev–Trinajstić information content (AvgIpc) is 3.36. The highest BCUT2D eigenvalue weighted by atomic mass is 19.3. The van der Waals surface area contributed by atoms with Crippen molar-refractivity contribution in [3.63, 3.8) is 0 Å². The van der Waals surface area contributed by atoms with E-state index in [9.17, 15) is 5.11 Å². The number of phenols is 1. The molecule has 5 fully saturated rings. The first kappa shape index (κ1) is 39.4. The lowest BCUT2D eigenvalue weighted by Gasteiger charge is -2.49. The number of hydrogen-bond donors (Lipinski definition) is 2.